The van der Waals surface area contributed by atoms with Gasteiger partial charge < -0.3 is 24.8 Å². The van der Waals surface area contributed by atoms with Gasteiger partial charge in [0, 0.05) is 17.4 Å². The summed E-state index contributed by atoms with van der Waals surface area (Å²) in [6.07, 6.45) is 0.299. The van der Waals surface area contributed by atoms with Gasteiger partial charge in [-0.05, 0) is 54.1 Å². The lowest BCUT2D eigenvalue weighted by atomic mass is 10.1. The van der Waals surface area contributed by atoms with Gasteiger partial charge in [-0.3, -0.25) is 4.79 Å². The number of amides is 1. The molecule has 0 atom stereocenters. The fourth-order valence-electron chi connectivity index (χ4n) is 2.83. The average Bonchev–Trinajstić information content (AvgIpc) is 2.76. The number of nitrogens with one attached hydrogen (secondary N) is 2. The molecular formula is C23H24N2O4. The molecule has 6 nitrogen and oxygen atoms in total. The second kappa shape index (κ2) is 9.50. The third kappa shape index (κ3) is 5.42. The largest absolute Gasteiger partial charge is 0.497 e. The number of carbonyl (C=O) groups excluding carboxylic acids is 1. The number of ether oxygens (including phenoxy) is 3. The van der Waals surface area contributed by atoms with E-state index >= 15 is 0 Å². The second-order valence-corrected chi connectivity index (χ2v) is 6.34. The van der Waals surface area contributed by atoms with E-state index in [9.17, 15) is 4.79 Å². The van der Waals surface area contributed by atoms with Crippen LogP contribution in [0.4, 0.5) is 17.1 Å². The van der Waals surface area contributed by atoms with E-state index in [2.05, 4.69) is 10.6 Å². The molecule has 6 heteroatoms. The number of carbonyl (C=O) groups is 1. The second-order valence-electron chi connectivity index (χ2n) is 6.34. The molecule has 29 heavy (non-hydrogen) atoms. The molecule has 3 aromatic rings. The Morgan fingerprint density at radius 3 is 2.00 bits per heavy atom. The summed E-state index contributed by atoms with van der Waals surface area (Å²) in [7, 11) is 4.84. The molecule has 0 aliphatic carbocycles. The van der Waals surface area contributed by atoms with Gasteiger partial charge in [-0.25, -0.2) is 0 Å². The van der Waals surface area contributed by atoms with Gasteiger partial charge in [0.2, 0.25) is 5.91 Å². The maximum atomic E-state index is 12.3. The molecule has 3 aromatic carbocycles. The zero-order valence-electron chi connectivity index (χ0n) is 16.7. The van der Waals surface area contributed by atoms with Gasteiger partial charge >= 0.3 is 0 Å². The molecule has 1 amide bonds. The topological polar surface area (TPSA) is 68.8 Å². The summed E-state index contributed by atoms with van der Waals surface area (Å²) in [5.74, 6) is 2.10. The Kier molecular flexibility index (Phi) is 6.58. The fraction of sp³-hybridized carbons (Fsp3) is 0.174. The van der Waals surface area contributed by atoms with Crippen molar-refractivity contribution in [3.05, 3.63) is 72.3 Å². The van der Waals surface area contributed by atoms with Crippen LogP contribution < -0.4 is 24.8 Å². The van der Waals surface area contributed by atoms with Gasteiger partial charge in [-0.2, -0.15) is 0 Å². The highest BCUT2D eigenvalue weighted by atomic mass is 16.5. The summed E-state index contributed by atoms with van der Waals surface area (Å²) < 4.78 is 15.7. The number of rotatable bonds is 8. The van der Waals surface area contributed by atoms with Gasteiger partial charge in [-0.15, -0.1) is 0 Å². The lowest BCUT2D eigenvalue weighted by Gasteiger charge is -2.13. The van der Waals surface area contributed by atoms with Crippen molar-refractivity contribution in [2.45, 2.75) is 6.42 Å². The molecule has 0 radical (unpaired) electrons. The molecule has 150 valence electrons. The van der Waals surface area contributed by atoms with Crippen LogP contribution in [0.25, 0.3) is 0 Å². The summed E-state index contributed by atoms with van der Waals surface area (Å²) in [4.78, 5) is 12.3. The predicted octanol–water partition coefficient (Wildman–Crippen LogP) is 4.64. The van der Waals surface area contributed by atoms with Crippen molar-refractivity contribution in [3.63, 3.8) is 0 Å². The van der Waals surface area contributed by atoms with Crippen molar-refractivity contribution in [1.82, 2.24) is 0 Å². The predicted molar refractivity (Wildman–Crippen MR) is 115 cm³/mol. The van der Waals surface area contributed by atoms with E-state index in [1.165, 1.54) is 0 Å². The summed E-state index contributed by atoms with van der Waals surface area (Å²) in [6.45, 7) is 0. The van der Waals surface area contributed by atoms with Crippen LogP contribution in [0.3, 0.4) is 0 Å². The minimum absolute atomic E-state index is 0.0762. The lowest BCUT2D eigenvalue weighted by Crippen LogP contribution is -2.14. The molecule has 0 aliphatic rings. The zero-order valence-corrected chi connectivity index (χ0v) is 16.7. The van der Waals surface area contributed by atoms with Gasteiger partial charge in [0.25, 0.3) is 0 Å². The minimum atomic E-state index is -0.0762. The molecule has 0 fully saturated rings. The van der Waals surface area contributed by atoms with E-state index in [-0.39, 0.29) is 5.91 Å². The van der Waals surface area contributed by atoms with Crippen LogP contribution in [0.15, 0.2) is 66.7 Å². The third-order valence-corrected chi connectivity index (χ3v) is 4.38. The maximum absolute atomic E-state index is 12.3. The Morgan fingerprint density at radius 2 is 1.38 bits per heavy atom. The molecule has 0 aliphatic heterocycles. The first-order valence-electron chi connectivity index (χ1n) is 9.13. The highest BCUT2D eigenvalue weighted by Gasteiger charge is 2.07. The monoisotopic (exact) mass is 392 g/mol. The van der Waals surface area contributed by atoms with E-state index in [1.807, 2.05) is 66.7 Å². The first-order chi connectivity index (χ1) is 14.1. The van der Waals surface area contributed by atoms with E-state index in [0.29, 0.717) is 12.2 Å². The first-order valence-corrected chi connectivity index (χ1v) is 9.13. The molecule has 3 rings (SSSR count). The fourth-order valence-corrected chi connectivity index (χ4v) is 2.83. The molecule has 0 aromatic heterocycles. The number of hydrogen-bond donors (Lipinski definition) is 2. The summed E-state index contributed by atoms with van der Waals surface area (Å²) in [5.41, 5.74) is 3.36. The summed E-state index contributed by atoms with van der Waals surface area (Å²) >= 11 is 0. The van der Waals surface area contributed by atoms with Crippen molar-refractivity contribution in [1.29, 1.82) is 0 Å². The van der Waals surface area contributed by atoms with Crippen molar-refractivity contribution in [2.75, 3.05) is 32.0 Å². The van der Waals surface area contributed by atoms with Crippen LogP contribution in [0, 0.1) is 0 Å². The molecule has 0 heterocycles. The van der Waals surface area contributed by atoms with Crippen molar-refractivity contribution in [3.8, 4) is 17.2 Å². The molecule has 0 saturated carbocycles. The first kappa shape index (κ1) is 20.1. The standard InChI is InChI=1S/C23H24N2O4/c1-27-19-10-4-16(5-11-19)14-23(26)25-18-8-6-17(7-9-18)24-21-13-12-20(28-2)15-22(21)29-3/h4-13,15,24H,14H2,1-3H3,(H,25,26). The zero-order chi connectivity index (χ0) is 20.6. The Balaban J connectivity index is 1.60. The van der Waals surface area contributed by atoms with Gasteiger partial charge in [0.15, 0.2) is 0 Å². The Bertz CT molecular complexity index is 954. The number of hydrogen-bond acceptors (Lipinski definition) is 5. The third-order valence-electron chi connectivity index (χ3n) is 4.38. The van der Waals surface area contributed by atoms with E-state index in [4.69, 9.17) is 14.2 Å². The van der Waals surface area contributed by atoms with E-state index < -0.39 is 0 Å². The normalized spacial score (nSPS) is 10.2. The van der Waals surface area contributed by atoms with Crippen molar-refractivity contribution >= 4 is 23.0 Å². The van der Waals surface area contributed by atoms with Crippen LogP contribution in [-0.4, -0.2) is 27.2 Å². The number of benzene rings is 3. The van der Waals surface area contributed by atoms with Crippen LogP contribution in [0.1, 0.15) is 5.56 Å². The molecule has 0 spiro atoms. The molecule has 0 bridgehead atoms. The van der Waals surface area contributed by atoms with E-state index in [1.54, 1.807) is 21.3 Å². The van der Waals surface area contributed by atoms with Gasteiger partial charge in [-0.1, -0.05) is 12.1 Å². The molecular weight excluding hydrogens is 368 g/mol. The minimum Gasteiger partial charge on any atom is -0.497 e. The van der Waals surface area contributed by atoms with Crippen LogP contribution >= 0.6 is 0 Å². The van der Waals surface area contributed by atoms with Crippen LogP contribution in [-0.2, 0) is 11.2 Å². The number of methoxy groups -OCH3 is 3. The van der Waals surface area contributed by atoms with Crippen LogP contribution in [0.5, 0.6) is 17.2 Å². The summed E-state index contributed by atoms with van der Waals surface area (Å²) in [6, 6.07) is 20.5. The summed E-state index contributed by atoms with van der Waals surface area (Å²) in [5, 5.41) is 6.21. The lowest BCUT2D eigenvalue weighted by molar-refractivity contribution is -0.115. The van der Waals surface area contributed by atoms with Crippen LogP contribution in [0.2, 0.25) is 0 Å². The maximum Gasteiger partial charge on any atom is 0.228 e. The Hall–Kier alpha value is -3.67. The highest BCUT2D eigenvalue weighted by Crippen LogP contribution is 2.31. The molecule has 2 N–H and O–H groups in total. The smallest absolute Gasteiger partial charge is 0.228 e. The van der Waals surface area contributed by atoms with Gasteiger partial charge in [0.1, 0.15) is 17.2 Å². The molecule has 0 saturated heterocycles. The quantitative estimate of drug-likeness (QED) is 0.585. The highest BCUT2D eigenvalue weighted by molar-refractivity contribution is 5.92. The molecule has 0 unspecified atom stereocenters. The average molecular weight is 392 g/mol. The van der Waals surface area contributed by atoms with Gasteiger partial charge in [0.05, 0.1) is 33.4 Å². The van der Waals surface area contributed by atoms with Crippen molar-refractivity contribution < 1.29 is 19.0 Å². The Morgan fingerprint density at radius 1 is 0.759 bits per heavy atom. The van der Waals surface area contributed by atoms with E-state index in [0.717, 1.165) is 34.1 Å². The SMILES string of the molecule is COc1ccc(CC(=O)Nc2ccc(Nc3ccc(OC)cc3OC)cc2)cc1. The van der Waals surface area contributed by atoms with Crippen molar-refractivity contribution in [2.24, 2.45) is 0 Å². The Labute approximate surface area is 170 Å². The number of anilines is 3.